The Morgan fingerprint density at radius 2 is 1.42 bits per heavy atom. The molecule has 0 saturated carbocycles. The van der Waals surface area contributed by atoms with Crippen LogP contribution in [0, 0.1) is 34.5 Å². The van der Waals surface area contributed by atoms with Gasteiger partial charge in [-0.15, -0.1) is 0 Å². The van der Waals surface area contributed by atoms with Gasteiger partial charge >= 0.3 is 11.9 Å². The molecular weight excluding hydrogens is 649 g/mol. The molecule has 0 fully saturated rings. The molecule has 0 aliphatic rings. The fourth-order valence-electron chi connectivity index (χ4n) is 7.77. The minimum Gasteiger partial charge on any atom is -0.490 e. The van der Waals surface area contributed by atoms with Crippen LogP contribution in [0.2, 0.25) is 0 Å². The quantitative estimate of drug-likeness (QED) is 0.0851. The minimum absolute atomic E-state index is 0.00526. The molecule has 1 aromatic heterocycles. The molecular formula is C45H60N2O5. The largest absolute Gasteiger partial charge is 0.490 e. The molecule has 7 nitrogen and oxygen atoms in total. The van der Waals surface area contributed by atoms with Gasteiger partial charge in [0.1, 0.15) is 24.8 Å². The lowest BCUT2D eigenvalue weighted by molar-refractivity contribution is -0.167. The van der Waals surface area contributed by atoms with Crippen molar-refractivity contribution >= 4 is 11.9 Å². The van der Waals surface area contributed by atoms with Crippen LogP contribution in [-0.2, 0) is 19.1 Å². The zero-order valence-corrected chi connectivity index (χ0v) is 33.3. The van der Waals surface area contributed by atoms with Crippen LogP contribution in [-0.4, -0.2) is 41.8 Å². The number of ether oxygens (including phenoxy) is 3. The minimum atomic E-state index is -0.962. The summed E-state index contributed by atoms with van der Waals surface area (Å²) in [5.41, 5.74) is 2.40. The van der Waals surface area contributed by atoms with Crippen molar-refractivity contribution in [1.29, 1.82) is 0 Å². The maximum atomic E-state index is 14.2. The van der Waals surface area contributed by atoms with Crippen LogP contribution in [0.4, 0.5) is 0 Å². The van der Waals surface area contributed by atoms with Crippen molar-refractivity contribution in [1.82, 2.24) is 9.55 Å². The van der Waals surface area contributed by atoms with Gasteiger partial charge in [0.25, 0.3) is 0 Å². The van der Waals surface area contributed by atoms with Crippen LogP contribution >= 0.6 is 0 Å². The predicted molar refractivity (Wildman–Crippen MR) is 210 cm³/mol. The Morgan fingerprint density at radius 1 is 0.788 bits per heavy atom. The molecule has 7 heteroatoms. The van der Waals surface area contributed by atoms with Gasteiger partial charge in [-0.1, -0.05) is 97.0 Å². The number of carbonyl (C=O) groups is 2. The number of imidazole rings is 1. The van der Waals surface area contributed by atoms with Gasteiger partial charge in [0.2, 0.25) is 0 Å². The molecule has 280 valence electrons. The highest BCUT2D eigenvalue weighted by Gasteiger charge is 2.50. The summed E-state index contributed by atoms with van der Waals surface area (Å²) in [5, 5.41) is 0. The summed E-state index contributed by atoms with van der Waals surface area (Å²) in [6, 6.07) is 26.6. The Morgan fingerprint density at radius 3 is 2.02 bits per heavy atom. The molecule has 0 amide bonds. The van der Waals surface area contributed by atoms with E-state index in [9.17, 15) is 9.59 Å². The molecule has 0 saturated heterocycles. The van der Waals surface area contributed by atoms with E-state index in [1.165, 1.54) is 12.7 Å². The second kappa shape index (κ2) is 16.5. The summed E-state index contributed by atoms with van der Waals surface area (Å²) in [5.74, 6) is 1.08. The number of carbonyl (C=O) groups excluding carboxylic acids is 2. The first-order chi connectivity index (χ1) is 24.4. The lowest BCUT2D eigenvalue weighted by atomic mass is 9.60. The highest BCUT2D eigenvalue weighted by atomic mass is 16.6. The first kappa shape index (κ1) is 40.4. The van der Waals surface area contributed by atoms with Crippen LogP contribution in [0.15, 0.2) is 91.3 Å². The molecule has 1 heterocycles. The third kappa shape index (κ3) is 9.72. The molecule has 52 heavy (non-hydrogen) atoms. The highest BCUT2D eigenvalue weighted by molar-refractivity contribution is 5.81. The van der Waals surface area contributed by atoms with Crippen LogP contribution < -0.4 is 4.74 Å². The molecule has 0 aliphatic heterocycles. The summed E-state index contributed by atoms with van der Waals surface area (Å²) in [6.07, 6.45) is 5.48. The number of aromatic nitrogens is 2. The molecule has 0 bridgehead atoms. The van der Waals surface area contributed by atoms with Crippen LogP contribution in [0.1, 0.15) is 98.6 Å². The van der Waals surface area contributed by atoms with Crippen molar-refractivity contribution < 1.29 is 23.8 Å². The van der Waals surface area contributed by atoms with Gasteiger partial charge in [0.05, 0.1) is 17.9 Å². The molecule has 3 atom stereocenters. The molecule has 3 unspecified atom stereocenters. The number of esters is 2. The van der Waals surface area contributed by atoms with Crippen LogP contribution in [0.3, 0.4) is 0 Å². The number of hydrogen-bond donors (Lipinski definition) is 0. The fourth-order valence-corrected chi connectivity index (χ4v) is 7.77. The van der Waals surface area contributed by atoms with Gasteiger partial charge in [-0.05, 0) is 104 Å². The summed E-state index contributed by atoms with van der Waals surface area (Å²) in [4.78, 5) is 32.1. The lowest BCUT2D eigenvalue weighted by Crippen LogP contribution is -2.45. The molecule has 3 aromatic carbocycles. The number of nitrogens with zero attached hydrogens (tertiary/aromatic N) is 2. The SMILES string of the molecule is COC(=O)C(C)(CC(C)(CC(C)(C)CC(c1ccccc1)C(C)(C)C)C(=O)OCCOc1ccc(-c2nccn2-c2ccccc2C)cc1)C(C)C. The maximum Gasteiger partial charge on any atom is 0.311 e. The molecule has 4 rings (SSSR count). The summed E-state index contributed by atoms with van der Waals surface area (Å²) < 4.78 is 19.4. The van der Waals surface area contributed by atoms with E-state index in [4.69, 9.17) is 14.2 Å². The van der Waals surface area contributed by atoms with E-state index in [0.717, 1.165) is 29.1 Å². The van der Waals surface area contributed by atoms with Crippen LogP contribution in [0.25, 0.3) is 17.1 Å². The number of para-hydroxylation sites is 1. The van der Waals surface area contributed by atoms with Gasteiger partial charge in [-0.3, -0.25) is 14.2 Å². The monoisotopic (exact) mass is 708 g/mol. The smallest absolute Gasteiger partial charge is 0.311 e. The van der Waals surface area contributed by atoms with Gasteiger partial charge in [0, 0.05) is 23.6 Å². The Labute approximate surface area is 312 Å². The molecule has 0 radical (unpaired) electrons. The molecule has 0 N–H and O–H groups in total. The Bertz CT molecular complexity index is 1770. The second-order valence-corrected chi connectivity index (χ2v) is 17.1. The molecule has 4 aromatic rings. The van der Waals surface area contributed by atoms with E-state index in [2.05, 4.69) is 87.5 Å². The Balaban J connectivity index is 1.48. The van der Waals surface area contributed by atoms with E-state index in [1.54, 1.807) is 6.20 Å². The van der Waals surface area contributed by atoms with Crippen molar-refractivity contribution in [2.45, 2.75) is 94.4 Å². The zero-order chi connectivity index (χ0) is 38.3. The summed E-state index contributed by atoms with van der Waals surface area (Å²) >= 11 is 0. The topological polar surface area (TPSA) is 79.7 Å². The van der Waals surface area contributed by atoms with E-state index < -0.39 is 10.8 Å². The average Bonchev–Trinajstić information content (AvgIpc) is 3.58. The van der Waals surface area contributed by atoms with Gasteiger partial charge < -0.3 is 14.2 Å². The standard InChI is InChI=1S/C45H60N2O5/c1-32(2)45(10,41(49)50-11)31-44(9,30-43(7,8)29-37(42(4,5)6)34-18-13-12-14-19-34)40(48)52-28-27-51-36-23-21-35(22-24-36)39-46-25-26-47(39)38-20-16-15-17-33(38)3/h12-26,32,37H,27-31H2,1-11H3. The summed E-state index contributed by atoms with van der Waals surface area (Å²) in [7, 11) is 1.42. The first-order valence-electron chi connectivity index (χ1n) is 18.5. The highest BCUT2D eigenvalue weighted by Crippen LogP contribution is 2.51. The number of aryl methyl sites for hydroxylation is 1. The van der Waals surface area contributed by atoms with Gasteiger partial charge in [-0.25, -0.2) is 4.98 Å². The van der Waals surface area contributed by atoms with Crippen molar-refractivity contribution in [3.63, 3.8) is 0 Å². The van der Waals surface area contributed by atoms with Crippen molar-refractivity contribution in [3.05, 3.63) is 102 Å². The average molecular weight is 709 g/mol. The van der Waals surface area contributed by atoms with E-state index in [-0.39, 0.29) is 47.8 Å². The molecule has 0 spiro atoms. The number of methoxy groups -OCH3 is 1. The van der Waals surface area contributed by atoms with E-state index >= 15 is 0 Å². The third-order valence-electron chi connectivity index (χ3n) is 10.8. The number of hydrogen-bond acceptors (Lipinski definition) is 6. The predicted octanol–water partition coefficient (Wildman–Crippen LogP) is 10.6. The van der Waals surface area contributed by atoms with Crippen molar-refractivity contribution in [2.24, 2.45) is 27.6 Å². The van der Waals surface area contributed by atoms with Crippen LogP contribution in [0.5, 0.6) is 5.75 Å². The van der Waals surface area contributed by atoms with Gasteiger partial charge in [0.15, 0.2) is 0 Å². The lowest BCUT2D eigenvalue weighted by Gasteiger charge is -2.44. The third-order valence-corrected chi connectivity index (χ3v) is 10.8. The summed E-state index contributed by atoms with van der Waals surface area (Å²) in [6.45, 7) is 21.5. The fraction of sp³-hybridized carbons (Fsp3) is 0.489. The first-order valence-corrected chi connectivity index (χ1v) is 18.5. The number of rotatable bonds is 16. The van der Waals surface area contributed by atoms with E-state index in [1.807, 2.05) is 76.4 Å². The Kier molecular flexibility index (Phi) is 12.8. The van der Waals surface area contributed by atoms with Crippen molar-refractivity contribution in [3.8, 4) is 22.8 Å². The Hall–Kier alpha value is -4.39. The normalized spacial score (nSPS) is 15.0. The zero-order valence-electron chi connectivity index (χ0n) is 33.3. The molecule has 0 aliphatic carbocycles. The second-order valence-electron chi connectivity index (χ2n) is 17.1. The van der Waals surface area contributed by atoms with Gasteiger partial charge in [-0.2, -0.15) is 0 Å². The number of benzene rings is 3. The maximum absolute atomic E-state index is 14.2. The van der Waals surface area contributed by atoms with E-state index in [0.29, 0.717) is 18.6 Å². The van der Waals surface area contributed by atoms with Crippen molar-refractivity contribution in [2.75, 3.05) is 20.3 Å².